The first kappa shape index (κ1) is 14.4. The standard InChI is InChI=1S/C15H20N2O3/c1-11-4-2-3-5-13(11)17(9-8-15(19)20)10-12-6-7-14(18)16-12/h2-5,12H,6-10H2,1H3,(H,16,18)(H,19,20). The normalized spacial score (nSPS) is 17.9. The van der Waals surface area contributed by atoms with Crippen molar-refractivity contribution in [2.75, 3.05) is 18.0 Å². The molecule has 1 aromatic rings. The second-order valence-corrected chi connectivity index (χ2v) is 5.18. The third-order valence-corrected chi connectivity index (χ3v) is 3.58. The van der Waals surface area contributed by atoms with Gasteiger partial charge in [0.2, 0.25) is 5.91 Å². The molecule has 0 aliphatic carbocycles. The second kappa shape index (κ2) is 6.41. The highest BCUT2D eigenvalue weighted by atomic mass is 16.4. The Balaban J connectivity index is 2.09. The van der Waals surface area contributed by atoms with Crippen LogP contribution in [0.1, 0.15) is 24.8 Å². The molecule has 0 saturated carbocycles. The summed E-state index contributed by atoms with van der Waals surface area (Å²) < 4.78 is 0. The number of anilines is 1. The van der Waals surface area contributed by atoms with E-state index in [1.165, 1.54) is 0 Å². The van der Waals surface area contributed by atoms with E-state index in [-0.39, 0.29) is 18.4 Å². The number of nitrogens with one attached hydrogen (secondary N) is 1. The minimum Gasteiger partial charge on any atom is -0.481 e. The zero-order valence-corrected chi connectivity index (χ0v) is 11.6. The van der Waals surface area contributed by atoms with E-state index >= 15 is 0 Å². The van der Waals surface area contributed by atoms with E-state index in [0.29, 0.717) is 19.5 Å². The number of aryl methyl sites for hydroxylation is 1. The van der Waals surface area contributed by atoms with Crippen LogP contribution in [0.2, 0.25) is 0 Å². The van der Waals surface area contributed by atoms with Gasteiger partial charge in [-0.05, 0) is 25.0 Å². The van der Waals surface area contributed by atoms with Gasteiger partial charge in [-0.15, -0.1) is 0 Å². The molecule has 2 rings (SSSR count). The van der Waals surface area contributed by atoms with E-state index in [2.05, 4.69) is 10.2 Å². The molecule has 1 unspecified atom stereocenters. The quantitative estimate of drug-likeness (QED) is 0.827. The Kier molecular flexibility index (Phi) is 4.61. The number of carboxylic acid groups (broad SMARTS) is 1. The van der Waals surface area contributed by atoms with Crippen LogP contribution in [-0.2, 0) is 9.59 Å². The lowest BCUT2D eigenvalue weighted by molar-refractivity contribution is -0.136. The number of hydrogen-bond acceptors (Lipinski definition) is 3. The number of amides is 1. The number of nitrogens with zero attached hydrogens (tertiary/aromatic N) is 1. The number of aliphatic carboxylic acids is 1. The Morgan fingerprint density at radius 3 is 2.80 bits per heavy atom. The van der Waals surface area contributed by atoms with Gasteiger partial charge in [-0.25, -0.2) is 0 Å². The van der Waals surface area contributed by atoms with Crippen LogP contribution in [0.3, 0.4) is 0 Å². The van der Waals surface area contributed by atoms with Gasteiger partial charge in [0, 0.05) is 31.2 Å². The summed E-state index contributed by atoms with van der Waals surface area (Å²) >= 11 is 0. The molecular formula is C15H20N2O3. The van der Waals surface area contributed by atoms with E-state index < -0.39 is 5.97 Å². The van der Waals surface area contributed by atoms with Crippen LogP contribution < -0.4 is 10.2 Å². The zero-order valence-electron chi connectivity index (χ0n) is 11.6. The van der Waals surface area contributed by atoms with Crippen molar-refractivity contribution in [1.29, 1.82) is 0 Å². The zero-order chi connectivity index (χ0) is 14.5. The lowest BCUT2D eigenvalue weighted by Crippen LogP contribution is -2.40. The van der Waals surface area contributed by atoms with Gasteiger partial charge in [0.15, 0.2) is 0 Å². The number of hydrogen-bond donors (Lipinski definition) is 2. The molecule has 5 nitrogen and oxygen atoms in total. The van der Waals surface area contributed by atoms with Crippen molar-refractivity contribution in [1.82, 2.24) is 5.32 Å². The molecule has 1 saturated heterocycles. The highest BCUT2D eigenvalue weighted by Gasteiger charge is 2.23. The van der Waals surface area contributed by atoms with Crippen LogP contribution >= 0.6 is 0 Å². The summed E-state index contributed by atoms with van der Waals surface area (Å²) in [6, 6.07) is 8.02. The molecule has 1 atom stereocenters. The van der Waals surface area contributed by atoms with E-state index in [1.54, 1.807) is 0 Å². The Bertz CT molecular complexity index is 502. The molecule has 20 heavy (non-hydrogen) atoms. The molecule has 1 aromatic carbocycles. The number of carboxylic acids is 1. The van der Waals surface area contributed by atoms with Gasteiger partial charge in [0.25, 0.3) is 0 Å². The fraction of sp³-hybridized carbons (Fsp3) is 0.467. The Morgan fingerprint density at radius 1 is 1.45 bits per heavy atom. The number of carbonyl (C=O) groups is 2. The molecule has 1 amide bonds. The summed E-state index contributed by atoms with van der Waals surface area (Å²) in [5, 5.41) is 11.8. The monoisotopic (exact) mass is 276 g/mol. The maximum Gasteiger partial charge on any atom is 0.305 e. The first-order valence-corrected chi connectivity index (χ1v) is 6.88. The fourth-order valence-corrected chi connectivity index (χ4v) is 2.54. The minimum atomic E-state index is -0.806. The van der Waals surface area contributed by atoms with Crippen molar-refractivity contribution in [3.8, 4) is 0 Å². The van der Waals surface area contributed by atoms with Crippen molar-refractivity contribution in [3.05, 3.63) is 29.8 Å². The third kappa shape index (κ3) is 3.73. The van der Waals surface area contributed by atoms with Crippen molar-refractivity contribution < 1.29 is 14.7 Å². The van der Waals surface area contributed by atoms with Gasteiger partial charge >= 0.3 is 5.97 Å². The Morgan fingerprint density at radius 2 is 2.20 bits per heavy atom. The van der Waals surface area contributed by atoms with Crippen LogP contribution in [0.5, 0.6) is 0 Å². The highest BCUT2D eigenvalue weighted by Crippen LogP contribution is 2.21. The molecule has 0 bridgehead atoms. The number of carbonyl (C=O) groups excluding carboxylic acids is 1. The summed E-state index contributed by atoms with van der Waals surface area (Å²) in [5.74, 6) is -0.725. The molecule has 0 radical (unpaired) electrons. The number of rotatable bonds is 6. The molecule has 1 aliphatic heterocycles. The summed E-state index contributed by atoms with van der Waals surface area (Å²) in [7, 11) is 0. The van der Waals surface area contributed by atoms with Crippen molar-refractivity contribution >= 4 is 17.6 Å². The van der Waals surface area contributed by atoms with Crippen LogP contribution in [-0.4, -0.2) is 36.1 Å². The van der Waals surface area contributed by atoms with Crippen molar-refractivity contribution in [2.45, 2.75) is 32.2 Å². The molecule has 5 heteroatoms. The molecule has 0 spiro atoms. The molecule has 0 aromatic heterocycles. The van der Waals surface area contributed by atoms with Gasteiger partial charge in [-0.2, -0.15) is 0 Å². The lowest BCUT2D eigenvalue weighted by Gasteiger charge is -2.28. The fourth-order valence-electron chi connectivity index (χ4n) is 2.54. The van der Waals surface area contributed by atoms with E-state index in [9.17, 15) is 9.59 Å². The first-order chi connectivity index (χ1) is 9.56. The Hall–Kier alpha value is -2.04. The average molecular weight is 276 g/mol. The number of benzene rings is 1. The molecule has 2 N–H and O–H groups in total. The summed E-state index contributed by atoms with van der Waals surface area (Å²) in [6.45, 7) is 3.12. The first-order valence-electron chi connectivity index (χ1n) is 6.88. The molecular weight excluding hydrogens is 256 g/mol. The average Bonchev–Trinajstić information content (AvgIpc) is 2.81. The van der Waals surface area contributed by atoms with E-state index in [0.717, 1.165) is 17.7 Å². The summed E-state index contributed by atoms with van der Waals surface area (Å²) in [5.41, 5.74) is 2.15. The smallest absolute Gasteiger partial charge is 0.305 e. The maximum absolute atomic E-state index is 11.3. The predicted molar refractivity (Wildman–Crippen MR) is 76.8 cm³/mol. The molecule has 1 aliphatic rings. The second-order valence-electron chi connectivity index (χ2n) is 5.18. The maximum atomic E-state index is 11.3. The SMILES string of the molecule is Cc1ccccc1N(CCC(=O)O)CC1CCC(=O)N1. The molecule has 1 fully saturated rings. The van der Waals surface area contributed by atoms with Gasteiger partial charge in [-0.3, -0.25) is 9.59 Å². The van der Waals surface area contributed by atoms with Gasteiger partial charge in [0.1, 0.15) is 0 Å². The van der Waals surface area contributed by atoms with E-state index in [4.69, 9.17) is 5.11 Å². The number of para-hydroxylation sites is 1. The van der Waals surface area contributed by atoms with Crippen LogP contribution in [0.25, 0.3) is 0 Å². The minimum absolute atomic E-state index is 0.0815. The molecule has 1 heterocycles. The van der Waals surface area contributed by atoms with E-state index in [1.807, 2.05) is 31.2 Å². The van der Waals surface area contributed by atoms with Crippen LogP contribution in [0.4, 0.5) is 5.69 Å². The summed E-state index contributed by atoms with van der Waals surface area (Å²) in [6.07, 6.45) is 1.47. The topological polar surface area (TPSA) is 69.6 Å². The predicted octanol–water partition coefficient (Wildman–Crippen LogP) is 1.55. The van der Waals surface area contributed by atoms with Crippen molar-refractivity contribution in [2.24, 2.45) is 0 Å². The Labute approximate surface area is 118 Å². The molecule has 108 valence electrons. The third-order valence-electron chi connectivity index (χ3n) is 3.58. The largest absolute Gasteiger partial charge is 0.481 e. The van der Waals surface area contributed by atoms with Crippen molar-refractivity contribution in [3.63, 3.8) is 0 Å². The van der Waals surface area contributed by atoms with Gasteiger partial charge in [0.05, 0.1) is 6.42 Å². The van der Waals surface area contributed by atoms with Gasteiger partial charge in [-0.1, -0.05) is 18.2 Å². The van der Waals surface area contributed by atoms with Crippen LogP contribution in [0, 0.1) is 6.92 Å². The highest BCUT2D eigenvalue weighted by molar-refractivity contribution is 5.78. The lowest BCUT2D eigenvalue weighted by atomic mass is 10.1. The van der Waals surface area contributed by atoms with Crippen LogP contribution in [0.15, 0.2) is 24.3 Å². The van der Waals surface area contributed by atoms with Gasteiger partial charge < -0.3 is 15.3 Å². The summed E-state index contributed by atoms with van der Waals surface area (Å²) in [4.78, 5) is 24.1.